The maximum absolute atomic E-state index is 6.02. The van der Waals surface area contributed by atoms with Crippen LogP contribution in [0.3, 0.4) is 0 Å². The fourth-order valence-electron chi connectivity index (χ4n) is 2.84. The summed E-state index contributed by atoms with van der Waals surface area (Å²) in [7, 11) is 0. The largest absolute Gasteiger partial charge is 0.339 e. The van der Waals surface area contributed by atoms with Gasteiger partial charge in [0.25, 0.3) is 0 Å². The molecule has 1 aliphatic carbocycles. The van der Waals surface area contributed by atoms with Crippen molar-refractivity contribution in [2.45, 2.75) is 65.2 Å². The highest BCUT2D eigenvalue weighted by Crippen LogP contribution is 2.40. The topological polar surface area (TPSA) is 64.9 Å². The summed E-state index contributed by atoms with van der Waals surface area (Å²) in [5.74, 6) is 2.37. The third-order valence-corrected chi connectivity index (χ3v) is 4.23. The summed E-state index contributed by atoms with van der Waals surface area (Å²) in [5.41, 5.74) is 6.13. The first-order valence-corrected chi connectivity index (χ1v) is 7.38. The van der Waals surface area contributed by atoms with Gasteiger partial charge in [-0.3, -0.25) is 0 Å². The van der Waals surface area contributed by atoms with Crippen molar-refractivity contribution in [2.75, 3.05) is 6.54 Å². The zero-order valence-corrected chi connectivity index (χ0v) is 12.7. The Balaban J connectivity index is 2.16. The molecule has 1 saturated carbocycles. The van der Waals surface area contributed by atoms with Gasteiger partial charge >= 0.3 is 0 Å². The molecule has 4 heteroatoms. The first-order chi connectivity index (χ1) is 8.85. The summed E-state index contributed by atoms with van der Waals surface area (Å²) in [6.45, 7) is 9.47. The Morgan fingerprint density at radius 1 is 1.32 bits per heavy atom. The Morgan fingerprint density at radius 3 is 2.47 bits per heavy atom. The maximum atomic E-state index is 6.02. The van der Waals surface area contributed by atoms with Crippen molar-refractivity contribution in [3.63, 3.8) is 0 Å². The number of rotatable bonds is 3. The van der Waals surface area contributed by atoms with Gasteiger partial charge in [-0.1, -0.05) is 32.9 Å². The lowest BCUT2D eigenvalue weighted by Crippen LogP contribution is -2.39. The number of nitrogens with zero attached hydrogens (tertiary/aromatic N) is 2. The van der Waals surface area contributed by atoms with Crippen LogP contribution < -0.4 is 5.73 Å². The van der Waals surface area contributed by atoms with Crippen LogP contribution >= 0.6 is 0 Å². The minimum absolute atomic E-state index is 0.0738. The van der Waals surface area contributed by atoms with Crippen LogP contribution in [-0.4, -0.2) is 16.7 Å². The van der Waals surface area contributed by atoms with E-state index in [4.69, 9.17) is 10.3 Å². The van der Waals surface area contributed by atoms with Crippen LogP contribution in [0.2, 0.25) is 0 Å². The van der Waals surface area contributed by atoms with Crippen molar-refractivity contribution < 1.29 is 4.52 Å². The van der Waals surface area contributed by atoms with Crippen molar-refractivity contribution in [3.8, 4) is 0 Å². The lowest BCUT2D eigenvalue weighted by atomic mass is 9.71. The van der Waals surface area contributed by atoms with Crippen LogP contribution in [0.25, 0.3) is 0 Å². The van der Waals surface area contributed by atoms with Gasteiger partial charge in [-0.25, -0.2) is 0 Å². The van der Waals surface area contributed by atoms with Gasteiger partial charge < -0.3 is 10.3 Å². The van der Waals surface area contributed by atoms with Crippen molar-refractivity contribution in [1.29, 1.82) is 0 Å². The molecule has 0 radical (unpaired) electrons. The van der Waals surface area contributed by atoms with Gasteiger partial charge in [0.2, 0.25) is 5.89 Å². The lowest BCUT2D eigenvalue weighted by Gasteiger charge is -2.35. The van der Waals surface area contributed by atoms with E-state index in [0.29, 0.717) is 6.54 Å². The highest BCUT2D eigenvalue weighted by atomic mass is 16.5. The molecule has 4 nitrogen and oxygen atoms in total. The van der Waals surface area contributed by atoms with Gasteiger partial charge in [0.05, 0.1) is 5.41 Å². The van der Waals surface area contributed by atoms with E-state index in [1.54, 1.807) is 0 Å². The van der Waals surface area contributed by atoms with Crippen molar-refractivity contribution in [2.24, 2.45) is 17.1 Å². The average molecular weight is 265 g/mol. The molecule has 0 atom stereocenters. The third kappa shape index (κ3) is 3.35. The Morgan fingerprint density at radius 2 is 1.95 bits per heavy atom. The Bertz CT molecular complexity index is 411. The molecular formula is C15H27N3O. The second-order valence-electron chi connectivity index (χ2n) is 7.42. The van der Waals surface area contributed by atoms with Crippen LogP contribution in [0.15, 0.2) is 4.52 Å². The van der Waals surface area contributed by atoms with Crippen LogP contribution in [-0.2, 0) is 11.8 Å². The summed E-state index contributed by atoms with van der Waals surface area (Å²) in [5, 5.41) is 4.15. The van der Waals surface area contributed by atoms with Gasteiger partial charge in [-0.05, 0) is 37.0 Å². The molecule has 2 N–H and O–H groups in total. The quantitative estimate of drug-likeness (QED) is 0.912. The van der Waals surface area contributed by atoms with E-state index in [1.807, 2.05) is 0 Å². The van der Waals surface area contributed by atoms with Crippen molar-refractivity contribution in [3.05, 3.63) is 11.7 Å². The highest BCUT2D eigenvalue weighted by Gasteiger charge is 2.39. The van der Waals surface area contributed by atoms with E-state index in [9.17, 15) is 0 Å². The number of aromatic nitrogens is 2. The number of nitrogens with two attached hydrogens (primary N) is 1. The molecule has 0 aliphatic heterocycles. The van der Waals surface area contributed by atoms with Crippen molar-refractivity contribution >= 4 is 0 Å². The minimum atomic E-state index is -0.0738. The van der Waals surface area contributed by atoms with E-state index < -0.39 is 0 Å². The summed E-state index contributed by atoms with van der Waals surface area (Å²) < 4.78 is 5.54. The van der Waals surface area contributed by atoms with Gasteiger partial charge in [0, 0.05) is 13.0 Å². The van der Waals surface area contributed by atoms with Gasteiger partial charge in [-0.2, -0.15) is 4.98 Å². The van der Waals surface area contributed by atoms with Gasteiger partial charge in [0.15, 0.2) is 5.82 Å². The predicted molar refractivity (Wildman–Crippen MR) is 75.8 cm³/mol. The molecular weight excluding hydrogens is 238 g/mol. The van der Waals surface area contributed by atoms with Crippen LogP contribution in [0.1, 0.15) is 65.1 Å². The molecule has 1 aromatic rings. The zero-order chi connectivity index (χ0) is 14.1. The Labute approximate surface area is 116 Å². The van der Waals surface area contributed by atoms with E-state index in [1.165, 1.54) is 12.8 Å². The molecule has 0 aromatic carbocycles. The second kappa shape index (κ2) is 5.23. The van der Waals surface area contributed by atoms with Crippen LogP contribution in [0.4, 0.5) is 0 Å². The Hall–Kier alpha value is -0.900. The fraction of sp³-hybridized carbons (Fsp3) is 0.867. The monoisotopic (exact) mass is 265 g/mol. The smallest absolute Gasteiger partial charge is 0.234 e. The number of hydrogen-bond acceptors (Lipinski definition) is 4. The van der Waals surface area contributed by atoms with Gasteiger partial charge in [-0.15, -0.1) is 0 Å². The second-order valence-corrected chi connectivity index (χ2v) is 7.42. The van der Waals surface area contributed by atoms with E-state index >= 15 is 0 Å². The third-order valence-electron chi connectivity index (χ3n) is 4.23. The molecule has 1 aliphatic rings. The van der Waals surface area contributed by atoms with Gasteiger partial charge in [0.1, 0.15) is 0 Å². The van der Waals surface area contributed by atoms with E-state index in [2.05, 4.69) is 37.8 Å². The molecule has 108 valence electrons. The SMILES string of the molecule is CC1CCC(CN)(c2nc(CC(C)(C)C)no2)CC1. The highest BCUT2D eigenvalue weighted by molar-refractivity contribution is 5.09. The summed E-state index contributed by atoms with van der Waals surface area (Å²) in [6.07, 6.45) is 5.39. The lowest BCUT2D eigenvalue weighted by molar-refractivity contribution is 0.191. The van der Waals surface area contributed by atoms with Crippen LogP contribution in [0.5, 0.6) is 0 Å². The Kier molecular flexibility index (Phi) is 4.00. The molecule has 19 heavy (non-hydrogen) atoms. The summed E-state index contributed by atoms with van der Waals surface area (Å²) in [6, 6.07) is 0. The minimum Gasteiger partial charge on any atom is -0.339 e. The standard InChI is InChI=1S/C15H27N3O/c1-11-5-7-15(10-16,8-6-11)13-17-12(18-19-13)9-14(2,3)4/h11H,5-10,16H2,1-4H3. The molecule has 2 rings (SSSR count). The van der Waals surface area contributed by atoms with E-state index in [0.717, 1.165) is 36.9 Å². The first kappa shape index (κ1) is 14.5. The first-order valence-electron chi connectivity index (χ1n) is 7.38. The molecule has 0 unspecified atom stereocenters. The molecule has 1 aromatic heterocycles. The molecule has 1 heterocycles. The zero-order valence-electron chi connectivity index (χ0n) is 12.7. The average Bonchev–Trinajstić information content (AvgIpc) is 2.77. The summed E-state index contributed by atoms with van der Waals surface area (Å²) in [4.78, 5) is 4.63. The van der Waals surface area contributed by atoms with Crippen LogP contribution in [0, 0.1) is 11.3 Å². The molecule has 0 saturated heterocycles. The number of hydrogen-bond donors (Lipinski definition) is 1. The molecule has 0 bridgehead atoms. The predicted octanol–water partition coefficient (Wildman–Crippen LogP) is 3.06. The molecule has 0 spiro atoms. The van der Waals surface area contributed by atoms with Crippen molar-refractivity contribution in [1.82, 2.24) is 10.1 Å². The molecule has 1 fully saturated rings. The summed E-state index contributed by atoms with van der Waals surface area (Å²) >= 11 is 0. The fourth-order valence-corrected chi connectivity index (χ4v) is 2.84. The maximum Gasteiger partial charge on any atom is 0.234 e. The molecule has 0 amide bonds. The normalized spacial score (nSPS) is 28.6. The van der Waals surface area contributed by atoms with E-state index in [-0.39, 0.29) is 10.8 Å².